The molecule has 1 atom stereocenters. The smallest absolute Gasteiger partial charge is 0.0725 e. The van der Waals surface area contributed by atoms with Crippen LogP contribution in [0.15, 0.2) is 18.2 Å². The van der Waals surface area contributed by atoms with Gasteiger partial charge in [-0.2, -0.15) is 5.26 Å². The zero-order valence-electron chi connectivity index (χ0n) is 9.37. The summed E-state index contributed by atoms with van der Waals surface area (Å²) < 4.78 is 0. The minimum absolute atomic E-state index is 0.128. The van der Waals surface area contributed by atoms with Crippen molar-refractivity contribution in [1.29, 1.82) is 5.26 Å². The maximum Gasteiger partial charge on any atom is 0.0725 e. The van der Waals surface area contributed by atoms with Crippen molar-refractivity contribution in [3.05, 3.63) is 33.8 Å². The predicted octanol–water partition coefficient (Wildman–Crippen LogP) is 3.55. The number of rotatable bonds is 4. The van der Waals surface area contributed by atoms with Crippen molar-refractivity contribution in [2.24, 2.45) is 0 Å². The van der Waals surface area contributed by atoms with Gasteiger partial charge in [0.2, 0.25) is 0 Å². The van der Waals surface area contributed by atoms with Crippen LogP contribution in [-0.4, -0.2) is 25.5 Å². The van der Waals surface area contributed by atoms with E-state index in [9.17, 15) is 0 Å². The third-order valence-electron chi connectivity index (χ3n) is 2.37. The number of nitriles is 1. The highest BCUT2D eigenvalue weighted by molar-refractivity contribution is 6.42. The molecule has 0 saturated heterocycles. The van der Waals surface area contributed by atoms with E-state index >= 15 is 0 Å². The molecule has 0 spiro atoms. The van der Waals surface area contributed by atoms with Gasteiger partial charge in [-0.3, -0.25) is 0 Å². The first-order valence-corrected chi connectivity index (χ1v) is 5.79. The van der Waals surface area contributed by atoms with Gasteiger partial charge in [0.25, 0.3) is 0 Å². The van der Waals surface area contributed by atoms with Crippen molar-refractivity contribution in [1.82, 2.24) is 4.90 Å². The Balaban J connectivity index is 2.80. The van der Waals surface area contributed by atoms with Gasteiger partial charge in [-0.1, -0.05) is 29.3 Å². The zero-order chi connectivity index (χ0) is 12.1. The second kappa shape index (κ2) is 6.10. The molecular weight excluding hydrogens is 243 g/mol. The maximum absolute atomic E-state index is 9.11. The fourth-order valence-electron chi connectivity index (χ4n) is 1.42. The monoisotopic (exact) mass is 256 g/mol. The summed E-state index contributed by atoms with van der Waals surface area (Å²) in [6.07, 6.45) is 0.793. The predicted molar refractivity (Wildman–Crippen MR) is 68.0 cm³/mol. The number of nitrogens with zero attached hydrogens (tertiary/aromatic N) is 2. The van der Waals surface area contributed by atoms with E-state index in [1.165, 1.54) is 0 Å². The first-order valence-electron chi connectivity index (χ1n) is 5.04. The first-order chi connectivity index (χ1) is 7.54. The average Bonchev–Trinajstić information content (AvgIpc) is 2.23. The largest absolute Gasteiger partial charge is 0.309 e. The highest BCUT2D eigenvalue weighted by atomic mass is 35.5. The van der Waals surface area contributed by atoms with E-state index in [1.807, 2.05) is 20.2 Å². The molecule has 0 amide bonds. The van der Waals surface area contributed by atoms with Crippen LogP contribution in [0.3, 0.4) is 0 Å². The van der Waals surface area contributed by atoms with Crippen molar-refractivity contribution in [2.75, 3.05) is 20.6 Å². The van der Waals surface area contributed by atoms with Gasteiger partial charge in [0, 0.05) is 0 Å². The molecule has 0 heterocycles. The van der Waals surface area contributed by atoms with E-state index in [0.29, 0.717) is 10.0 Å². The summed E-state index contributed by atoms with van der Waals surface area (Å²) in [6.45, 7) is 0.873. The fourth-order valence-corrected chi connectivity index (χ4v) is 1.73. The lowest BCUT2D eigenvalue weighted by atomic mass is 9.97. The van der Waals surface area contributed by atoms with Gasteiger partial charge < -0.3 is 4.90 Å². The first kappa shape index (κ1) is 13.3. The average molecular weight is 257 g/mol. The Morgan fingerprint density at radius 3 is 2.50 bits per heavy atom. The van der Waals surface area contributed by atoms with Gasteiger partial charge in [0.1, 0.15) is 0 Å². The number of hydrogen-bond acceptors (Lipinski definition) is 2. The van der Waals surface area contributed by atoms with Crippen molar-refractivity contribution < 1.29 is 0 Å². The van der Waals surface area contributed by atoms with Crippen LogP contribution >= 0.6 is 23.2 Å². The van der Waals surface area contributed by atoms with E-state index in [-0.39, 0.29) is 5.92 Å². The molecular formula is C12H14Cl2N2. The lowest BCUT2D eigenvalue weighted by Gasteiger charge is -2.14. The van der Waals surface area contributed by atoms with Crippen molar-refractivity contribution in [2.45, 2.75) is 12.3 Å². The highest BCUT2D eigenvalue weighted by Gasteiger charge is 2.12. The summed E-state index contributed by atoms with van der Waals surface area (Å²) in [5.41, 5.74) is 0.929. The molecule has 0 aliphatic rings. The molecule has 0 fully saturated rings. The summed E-state index contributed by atoms with van der Waals surface area (Å²) in [5, 5.41) is 10.1. The van der Waals surface area contributed by atoms with Crippen molar-refractivity contribution in [3.8, 4) is 6.07 Å². The molecule has 1 unspecified atom stereocenters. The Morgan fingerprint density at radius 1 is 1.31 bits per heavy atom. The molecule has 0 bridgehead atoms. The second-order valence-corrected chi connectivity index (χ2v) is 4.76. The second-order valence-electron chi connectivity index (χ2n) is 3.95. The molecule has 0 N–H and O–H groups in total. The molecule has 2 nitrogen and oxygen atoms in total. The van der Waals surface area contributed by atoms with Crippen LogP contribution < -0.4 is 0 Å². The van der Waals surface area contributed by atoms with Crippen molar-refractivity contribution in [3.63, 3.8) is 0 Å². The fraction of sp³-hybridized carbons (Fsp3) is 0.417. The molecule has 4 heteroatoms. The maximum atomic E-state index is 9.11. The molecule has 0 aliphatic carbocycles. The molecule has 1 aromatic rings. The summed E-state index contributed by atoms with van der Waals surface area (Å²) in [5.74, 6) is -0.128. The molecule has 16 heavy (non-hydrogen) atoms. The standard InChI is InChI=1S/C12H14Cl2N2/c1-16(2)6-5-10(8-15)9-3-4-11(13)12(14)7-9/h3-4,7,10H,5-6H2,1-2H3. The van der Waals surface area contributed by atoms with Gasteiger partial charge in [0.05, 0.1) is 22.0 Å². The van der Waals surface area contributed by atoms with E-state index < -0.39 is 0 Å². The van der Waals surface area contributed by atoms with E-state index in [4.69, 9.17) is 28.5 Å². The highest BCUT2D eigenvalue weighted by Crippen LogP contribution is 2.27. The summed E-state index contributed by atoms with van der Waals surface area (Å²) in [7, 11) is 3.98. The Labute approximate surface area is 106 Å². The minimum atomic E-state index is -0.128. The molecule has 0 saturated carbocycles. The van der Waals surface area contributed by atoms with Gasteiger partial charge in [-0.15, -0.1) is 0 Å². The van der Waals surface area contributed by atoms with E-state index in [1.54, 1.807) is 12.1 Å². The van der Waals surface area contributed by atoms with Crippen LogP contribution in [0, 0.1) is 11.3 Å². The Bertz CT molecular complexity index is 396. The van der Waals surface area contributed by atoms with Gasteiger partial charge in [-0.05, 0) is 44.8 Å². The lowest BCUT2D eigenvalue weighted by molar-refractivity contribution is 0.393. The summed E-state index contributed by atoms with van der Waals surface area (Å²) >= 11 is 11.8. The number of benzene rings is 1. The number of hydrogen-bond donors (Lipinski definition) is 0. The molecule has 0 radical (unpaired) electrons. The Hall–Kier alpha value is -0.750. The topological polar surface area (TPSA) is 27.0 Å². The van der Waals surface area contributed by atoms with Crippen LogP contribution in [0.1, 0.15) is 17.9 Å². The van der Waals surface area contributed by atoms with Crippen LogP contribution in [0.2, 0.25) is 10.0 Å². The van der Waals surface area contributed by atoms with Crippen LogP contribution in [0.5, 0.6) is 0 Å². The molecule has 86 valence electrons. The lowest BCUT2D eigenvalue weighted by Crippen LogP contribution is -2.15. The van der Waals surface area contributed by atoms with Crippen molar-refractivity contribution >= 4 is 23.2 Å². The molecule has 1 aromatic carbocycles. The van der Waals surface area contributed by atoms with Gasteiger partial charge in [0.15, 0.2) is 0 Å². The summed E-state index contributed by atoms with van der Waals surface area (Å²) in [4.78, 5) is 2.06. The number of halogens is 2. The van der Waals surface area contributed by atoms with Gasteiger partial charge in [-0.25, -0.2) is 0 Å². The quantitative estimate of drug-likeness (QED) is 0.824. The zero-order valence-corrected chi connectivity index (χ0v) is 10.9. The molecule has 1 rings (SSSR count). The minimum Gasteiger partial charge on any atom is -0.309 e. The normalized spacial score (nSPS) is 12.5. The molecule has 0 aliphatic heterocycles. The molecule has 0 aromatic heterocycles. The Kier molecular flexibility index (Phi) is 5.08. The third kappa shape index (κ3) is 3.68. The SMILES string of the molecule is CN(C)CCC(C#N)c1ccc(Cl)c(Cl)c1. The van der Waals surface area contributed by atoms with Crippen LogP contribution in [0.25, 0.3) is 0 Å². The van der Waals surface area contributed by atoms with Crippen LogP contribution in [-0.2, 0) is 0 Å². The van der Waals surface area contributed by atoms with E-state index in [2.05, 4.69) is 11.0 Å². The van der Waals surface area contributed by atoms with Gasteiger partial charge >= 0.3 is 0 Å². The van der Waals surface area contributed by atoms with E-state index in [0.717, 1.165) is 18.5 Å². The summed E-state index contributed by atoms with van der Waals surface area (Å²) in [6, 6.07) is 7.66. The Morgan fingerprint density at radius 2 is 2.00 bits per heavy atom. The van der Waals surface area contributed by atoms with Crippen LogP contribution in [0.4, 0.5) is 0 Å². The third-order valence-corrected chi connectivity index (χ3v) is 3.11.